The number of nitrogens with zero attached hydrogens (tertiary/aromatic N) is 1. The van der Waals surface area contributed by atoms with E-state index in [1.54, 1.807) is 0 Å². The number of hydrogen-bond acceptors (Lipinski definition) is 2. The first kappa shape index (κ1) is 9.92. The maximum Gasteiger partial charge on any atom is 0.164 e. The summed E-state index contributed by atoms with van der Waals surface area (Å²) in [6, 6.07) is 4.17. The fourth-order valence-electron chi connectivity index (χ4n) is 2.35. The summed E-state index contributed by atoms with van der Waals surface area (Å²) in [4.78, 5) is 11.8. The van der Waals surface area contributed by atoms with Crippen molar-refractivity contribution in [2.45, 2.75) is 33.1 Å². The van der Waals surface area contributed by atoms with Crippen LogP contribution in [0.4, 0.5) is 0 Å². The van der Waals surface area contributed by atoms with Crippen molar-refractivity contribution in [3.63, 3.8) is 0 Å². The summed E-state index contributed by atoms with van der Waals surface area (Å²) >= 11 is 0. The van der Waals surface area contributed by atoms with E-state index < -0.39 is 0 Å². The average molecular weight is 199 g/mol. The summed E-state index contributed by atoms with van der Waals surface area (Å²) in [6.45, 7) is 3.92. The fraction of sp³-hybridized carbons (Fsp3) is 0.385. The molecule has 0 atom stereocenters. The molecule has 0 amide bonds. The molecule has 1 aliphatic rings. The van der Waals surface area contributed by atoms with Gasteiger partial charge < -0.3 is 0 Å². The van der Waals surface area contributed by atoms with E-state index in [-0.39, 0.29) is 5.78 Å². The lowest BCUT2D eigenvalue weighted by Gasteiger charge is -2.19. The topological polar surface area (TPSA) is 40.9 Å². The van der Waals surface area contributed by atoms with Crippen molar-refractivity contribution >= 4 is 5.78 Å². The Bertz CT molecular complexity index is 480. The molecule has 0 N–H and O–H groups in total. The third-order valence-electron chi connectivity index (χ3n) is 3.08. The lowest BCUT2D eigenvalue weighted by Crippen LogP contribution is -2.15. The van der Waals surface area contributed by atoms with Gasteiger partial charge in [-0.2, -0.15) is 5.26 Å². The maximum atomic E-state index is 11.8. The number of fused-ring (bicyclic) bond motifs is 1. The average Bonchev–Trinajstić information content (AvgIpc) is 2.20. The summed E-state index contributed by atoms with van der Waals surface area (Å²) < 4.78 is 0. The molecule has 1 aromatic rings. The SMILES string of the molecule is Cc1cc(C)c2c(c1C#N)C(=O)CCC2. The molecule has 0 fully saturated rings. The van der Waals surface area contributed by atoms with Gasteiger partial charge in [0.2, 0.25) is 0 Å². The first-order valence-electron chi connectivity index (χ1n) is 5.21. The number of benzene rings is 1. The standard InChI is InChI=1S/C13H13NO/c1-8-6-9(2)11(7-14)13-10(8)4-3-5-12(13)15/h6H,3-5H2,1-2H3. The normalized spacial score (nSPS) is 14.6. The number of rotatable bonds is 0. The van der Waals surface area contributed by atoms with Crippen molar-refractivity contribution in [3.8, 4) is 6.07 Å². The van der Waals surface area contributed by atoms with Gasteiger partial charge in [0.25, 0.3) is 0 Å². The number of hydrogen-bond donors (Lipinski definition) is 0. The minimum atomic E-state index is 0.139. The van der Waals surface area contributed by atoms with Crippen LogP contribution >= 0.6 is 0 Å². The molecular weight excluding hydrogens is 186 g/mol. The lowest BCUT2D eigenvalue weighted by molar-refractivity contribution is 0.0972. The summed E-state index contributed by atoms with van der Waals surface area (Å²) in [6.07, 6.45) is 2.44. The van der Waals surface area contributed by atoms with Crippen LogP contribution in [0, 0.1) is 25.2 Å². The van der Waals surface area contributed by atoms with Crippen LogP contribution in [0.1, 0.15) is 45.5 Å². The molecule has 0 unspecified atom stereocenters. The molecule has 15 heavy (non-hydrogen) atoms. The monoisotopic (exact) mass is 199 g/mol. The van der Waals surface area contributed by atoms with E-state index in [1.807, 2.05) is 19.9 Å². The Kier molecular flexibility index (Phi) is 2.32. The number of Topliss-reactive ketones (excluding diaryl/α,β-unsaturated/α-hetero) is 1. The predicted molar refractivity (Wildman–Crippen MR) is 57.9 cm³/mol. The highest BCUT2D eigenvalue weighted by molar-refractivity contribution is 6.01. The van der Waals surface area contributed by atoms with Gasteiger partial charge in [0.05, 0.1) is 5.56 Å². The van der Waals surface area contributed by atoms with Crippen LogP contribution in [0.25, 0.3) is 0 Å². The zero-order valence-corrected chi connectivity index (χ0v) is 9.05. The lowest BCUT2D eigenvalue weighted by atomic mass is 9.83. The molecule has 0 saturated carbocycles. The van der Waals surface area contributed by atoms with Crippen LogP contribution in [-0.4, -0.2) is 5.78 Å². The quantitative estimate of drug-likeness (QED) is 0.644. The van der Waals surface area contributed by atoms with E-state index in [9.17, 15) is 4.79 Å². The maximum absolute atomic E-state index is 11.8. The molecule has 0 radical (unpaired) electrons. The number of aryl methyl sites for hydroxylation is 2. The van der Waals surface area contributed by atoms with E-state index >= 15 is 0 Å². The van der Waals surface area contributed by atoms with E-state index in [0.717, 1.165) is 29.5 Å². The molecule has 0 spiro atoms. The van der Waals surface area contributed by atoms with Crippen molar-refractivity contribution < 1.29 is 4.79 Å². The van der Waals surface area contributed by atoms with Crippen LogP contribution in [0.5, 0.6) is 0 Å². The highest BCUT2D eigenvalue weighted by Crippen LogP contribution is 2.29. The Morgan fingerprint density at radius 2 is 2.00 bits per heavy atom. The van der Waals surface area contributed by atoms with Gasteiger partial charge in [-0.1, -0.05) is 6.07 Å². The molecule has 1 aliphatic carbocycles. The van der Waals surface area contributed by atoms with Gasteiger partial charge in [0.1, 0.15) is 6.07 Å². The van der Waals surface area contributed by atoms with E-state index in [1.165, 1.54) is 0 Å². The Morgan fingerprint density at radius 1 is 1.27 bits per heavy atom. The van der Waals surface area contributed by atoms with Gasteiger partial charge in [-0.15, -0.1) is 0 Å². The van der Waals surface area contributed by atoms with E-state index in [2.05, 4.69) is 6.07 Å². The molecule has 0 bridgehead atoms. The second-order valence-corrected chi connectivity index (χ2v) is 4.13. The molecule has 0 heterocycles. The highest BCUT2D eigenvalue weighted by atomic mass is 16.1. The van der Waals surface area contributed by atoms with Crippen molar-refractivity contribution in [2.24, 2.45) is 0 Å². The molecule has 2 rings (SSSR count). The van der Waals surface area contributed by atoms with Crippen LogP contribution in [0.2, 0.25) is 0 Å². The predicted octanol–water partition coefficient (Wildman–Crippen LogP) is 2.69. The van der Waals surface area contributed by atoms with E-state index in [4.69, 9.17) is 5.26 Å². The fourth-order valence-corrected chi connectivity index (χ4v) is 2.35. The summed E-state index contributed by atoms with van der Waals surface area (Å²) in [5, 5.41) is 9.08. The van der Waals surface area contributed by atoms with Crippen LogP contribution in [0.15, 0.2) is 6.07 Å². The first-order chi connectivity index (χ1) is 7.15. The number of ketones is 1. The zero-order valence-electron chi connectivity index (χ0n) is 9.05. The largest absolute Gasteiger partial charge is 0.294 e. The molecule has 2 nitrogen and oxygen atoms in total. The zero-order chi connectivity index (χ0) is 11.0. The van der Waals surface area contributed by atoms with Crippen LogP contribution in [-0.2, 0) is 6.42 Å². The molecule has 0 saturated heterocycles. The van der Waals surface area contributed by atoms with Crippen LogP contribution < -0.4 is 0 Å². The van der Waals surface area contributed by atoms with E-state index in [0.29, 0.717) is 17.5 Å². The Hall–Kier alpha value is -1.62. The Balaban J connectivity index is 2.79. The Labute approximate surface area is 89.5 Å². The third-order valence-corrected chi connectivity index (χ3v) is 3.08. The first-order valence-corrected chi connectivity index (χ1v) is 5.21. The highest BCUT2D eigenvalue weighted by Gasteiger charge is 2.23. The van der Waals surface area contributed by atoms with Gasteiger partial charge in [0.15, 0.2) is 5.78 Å². The van der Waals surface area contributed by atoms with Crippen molar-refractivity contribution in [2.75, 3.05) is 0 Å². The van der Waals surface area contributed by atoms with Gasteiger partial charge in [-0.05, 0) is 43.4 Å². The van der Waals surface area contributed by atoms with Crippen molar-refractivity contribution in [3.05, 3.63) is 33.9 Å². The molecule has 2 heteroatoms. The molecule has 1 aromatic carbocycles. The van der Waals surface area contributed by atoms with Crippen molar-refractivity contribution in [1.82, 2.24) is 0 Å². The minimum Gasteiger partial charge on any atom is -0.294 e. The molecular formula is C13H13NO. The van der Waals surface area contributed by atoms with Gasteiger partial charge in [-0.3, -0.25) is 4.79 Å². The minimum absolute atomic E-state index is 0.139. The second-order valence-electron chi connectivity index (χ2n) is 4.13. The smallest absolute Gasteiger partial charge is 0.164 e. The number of carbonyl (C=O) groups is 1. The van der Waals surface area contributed by atoms with Crippen LogP contribution in [0.3, 0.4) is 0 Å². The van der Waals surface area contributed by atoms with Gasteiger partial charge >= 0.3 is 0 Å². The van der Waals surface area contributed by atoms with Gasteiger partial charge in [0, 0.05) is 12.0 Å². The van der Waals surface area contributed by atoms with Crippen molar-refractivity contribution in [1.29, 1.82) is 5.26 Å². The van der Waals surface area contributed by atoms with Gasteiger partial charge in [-0.25, -0.2) is 0 Å². The summed E-state index contributed by atoms with van der Waals surface area (Å²) in [5.74, 6) is 0.139. The summed E-state index contributed by atoms with van der Waals surface area (Å²) in [5.41, 5.74) is 4.44. The number of carbonyl (C=O) groups excluding carboxylic acids is 1. The molecule has 76 valence electrons. The second kappa shape index (κ2) is 3.51. The Morgan fingerprint density at radius 3 is 2.67 bits per heavy atom. The third kappa shape index (κ3) is 1.45. The molecule has 0 aliphatic heterocycles. The number of nitriles is 1. The summed E-state index contributed by atoms with van der Waals surface area (Å²) in [7, 11) is 0. The molecule has 0 aromatic heterocycles.